The van der Waals surface area contributed by atoms with Crippen LogP contribution >= 0.6 is 0 Å². The second-order valence-electron chi connectivity index (χ2n) is 4.56. The van der Waals surface area contributed by atoms with Crippen molar-refractivity contribution in [2.75, 3.05) is 0 Å². The molecule has 0 spiro atoms. The standard InChI is InChI=1S/C16H15NO4/c18-14-8-4-1-5-11(14)9-10-15(19)17-13-7-3-2-6-12(13)16(20)21/h1-10,12-13,18H,(H,17,19)(H,20,21)/b10-9+. The molecule has 1 aromatic carbocycles. The minimum Gasteiger partial charge on any atom is -0.507 e. The van der Waals surface area contributed by atoms with Gasteiger partial charge in [-0.2, -0.15) is 0 Å². The quantitative estimate of drug-likeness (QED) is 0.735. The summed E-state index contributed by atoms with van der Waals surface area (Å²) in [5, 5.41) is 21.3. The number of carbonyl (C=O) groups is 2. The molecule has 0 saturated carbocycles. The molecule has 0 bridgehead atoms. The second kappa shape index (κ2) is 6.56. The third-order valence-corrected chi connectivity index (χ3v) is 3.08. The first-order valence-corrected chi connectivity index (χ1v) is 6.42. The zero-order valence-corrected chi connectivity index (χ0v) is 11.1. The molecule has 0 heterocycles. The topological polar surface area (TPSA) is 86.6 Å². The number of aliphatic carboxylic acids is 1. The lowest BCUT2D eigenvalue weighted by Gasteiger charge is -2.21. The molecule has 2 rings (SSSR count). The van der Waals surface area contributed by atoms with Gasteiger partial charge in [-0.3, -0.25) is 9.59 Å². The molecular weight excluding hydrogens is 270 g/mol. The van der Waals surface area contributed by atoms with Gasteiger partial charge in [-0.1, -0.05) is 42.5 Å². The number of carboxylic acids is 1. The Bertz CT molecular complexity index is 631. The summed E-state index contributed by atoms with van der Waals surface area (Å²) in [6.07, 6.45) is 9.23. The van der Waals surface area contributed by atoms with Crippen molar-refractivity contribution < 1.29 is 19.8 Å². The molecule has 5 heteroatoms. The normalized spacial score (nSPS) is 20.6. The Morgan fingerprint density at radius 3 is 2.57 bits per heavy atom. The summed E-state index contributed by atoms with van der Waals surface area (Å²) in [6.45, 7) is 0. The highest BCUT2D eigenvalue weighted by Crippen LogP contribution is 2.17. The van der Waals surface area contributed by atoms with Gasteiger partial charge in [-0.05, 0) is 12.1 Å². The van der Waals surface area contributed by atoms with E-state index in [4.69, 9.17) is 5.11 Å². The minimum absolute atomic E-state index is 0.0745. The fraction of sp³-hybridized carbons (Fsp3) is 0.125. The maximum absolute atomic E-state index is 11.8. The summed E-state index contributed by atoms with van der Waals surface area (Å²) in [5.41, 5.74) is 0.515. The summed E-state index contributed by atoms with van der Waals surface area (Å²) < 4.78 is 0. The molecule has 5 nitrogen and oxygen atoms in total. The first-order chi connectivity index (χ1) is 10.1. The zero-order chi connectivity index (χ0) is 15.2. The van der Waals surface area contributed by atoms with Crippen LogP contribution in [-0.4, -0.2) is 28.1 Å². The molecule has 1 amide bonds. The molecule has 21 heavy (non-hydrogen) atoms. The summed E-state index contributed by atoms with van der Waals surface area (Å²) in [5.74, 6) is -2.12. The van der Waals surface area contributed by atoms with E-state index in [1.165, 1.54) is 24.3 Å². The Morgan fingerprint density at radius 1 is 1.14 bits per heavy atom. The van der Waals surface area contributed by atoms with E-state index < -0.39 is 23.8 Å². The van der Waals surface area contributed by atoms with E-state index >= 15 is 0 Å². The van der Waals surface area contributed by atoms with Gasteiger partial charge in [0.25, 0.3) is 0 Å². The molecule has 2 unspecified atom stereocenters. The highest BCUT2D eigenvalue weighted by Gasteiger charge is 2.25. The van der Waals surface area contributed by atoms with Crippen molar-refractivity contribution in [3.05, 3.63) is 60.2 Å². The number of benzene rings is 1. The van der Waals surface area contributed by atoms with Crippen LogP contribution in [0, 0.1) is 5.92 Å². The number of carbonyl (C=O) groups excluding carboxylic acids is 1. The molecule has 2 atom stereocenters. The van der Waals surface area contributed by atoms with Crippen LogP contribution < -0.4 is 5.32 Å². The van der Waals surface area contributed by atoms with Crippen LogP contribution in [0.15, 0.2) is 54.6 Å². The Labute approximate surface area is 121 Å². The number of hydrogen-bond donors (Lipinski definition) is 3. The number of phenolic OH excluding ortho intramolecular Hbond substituents is 1. The monoisotopic (exact) mass is 285 g/mol. The zero-order valence-electron chi connectivity index (χ0n) is 11.1. The van der Waals surface area contributed by atoms with Crippen LogP contribution in [0.1, 0.15) is 5.56 Å². The van der Waals surface area contributed by atoms with Crippen molar-refractivity contribution in [1.29, 1.82) is 0 Å². The van der Waals surface area contributed by atoms with E-state index in [0.29, 0.717) is 5.56 Å². The molecule has 0 aliphatic heterocycles. The molecule has 108 valence electrons. The molecule has 3 N–H and O–H groups in total. The molecule has 1 aliphatic rings. The number of hydrogen-bond acceptors (Lipinski definition) is 3. The Balaban J connectivity index is 2.02. The van der Waals surface area contributed by atoms with Crippen molar-refractivity contribution in [3.63, 3.8) is 0 Å². The fourth-order valence-corrected chi connectivity index (χ4v) is 1.99. The highest BCUT2D eigenvalue weighted by molar-refractivity contribution is 5.93. The molecule has 0 aromatic heterocycles. The summed E-state index contributed by atoms with van der Waals surface area (Å²) in [6, 6.07) is 6.03. The van der Waals surface area contributed by atoms with Crippen LogP contribution in [0.25, 0.3) is 6.08 Å². The predicted molar refractivity (Wildman–Crippen MR) is 78.5 cm³/mol. The highest BCUT2D eigenvalue weighted by atomic mass is 16.4. The summed E-state index contributed by atoms with van der Waals surface area (Å²) >= 11 is 0. The first-order valence-electron chi connectivity index (χ1n) is 6.42. The minimum atomic E-state index is -0.995. The van der Waals surface area contributed by atoms with Crippen LogP contribution in [0.4, 0.5) is 0 Å². The summed E-state index contributed by atoms with van der Waals surface area (Å²) in [4.78, 5) is 22.9. The van der Waals surface area contributed by atoms with E-state index in [0.717, 1.165) is 0 Å². The maximum Gasteiger partial charge on any atom is 0.312 e. The smallest absolute Gasteiger partial charge is 0.312 e. The molecule has 0 saturated heterocycles. The van der Waals surface area contributed by atoms with Crippen molar-refractivity contribution in [1.82, 2.24) is 5.32 Å². The number of nitrogens with one attached hydrogen (secondary N) is 1. The van der Waals surface area contributed by atoms with Gasteiger partial charge in [0.15, 0.2) is 0 Å². The van der Waals surface area contributed by atoms with Crippen molar-refractivity contribution in [3.8, 4) is 5.75 Å². The number of carboxylic acid groups (broad SMARTS) is 1. The van der Waals surface area contributed by atoms with E-state index in [1.54, 1.807) is 36.4 Å². The third kappa shape index (κ3) is 3.82. The number of para-hydroxylation sites is 1. The SMILES string of the molecule is O=C(/C=C/c1ccccc1O)NC1C=CC=CC1C(=O)O. The van der Waals surface area contributed by atoms with Crippen LogP contribution in [-0.2, 0) is 9.59 Å². The van der Waals surface area contributed by atoms with Gasteiger partial charge in [-0.25, -0.2) is 0 Å². The Hall–Kier alpha value is -2.82. The lowest BCUT2D eigenvalue weighted by atomic mass is 9.95. The third-order valence-electron chi connectivity index (χ3n) is 3.08. The average molecular weight is 285 g/mol. The van der Waals surface area contributed by atoms with E-state index in [2.05, 4.69) is 5.32 Å². The largest absolute Gasteiger partial charge is 0.507 e. The first kappa shape index (κ1) is 14.6. The van der Waals surface area contributed by atoms with Gasteiger partial charge in [0.05, 0.1) is 12.0 Å². The molecule has 1 aromatic rings. The Kier molecular flexibility index (Phi) is 4.56. The molecule has 0 fully saturated rings. The maximum atomic E-state index is 11.8. The Morgan fingerprint density at radius 2 is 1.86 bits per heavy atom. The fourth-order valence-electron chi connectivity index (χ4n) is 1.99. The summed E-state index contributed by atoms with van der Waals surface area (Å²) in [7, 11) is 0. The lowest BCUT2D eigenvalue weighted by molar-refractivity contribution is -0.140. The van der Waals surface area contributed by atoms with Gasteiger partial charge in [0, 0.05) is 11.6 Å². The second-order valence-corrected chi connectivity index (χ2v) is 4.56. The molecule has 1 aliphatic carbocycles. The predicted octanol–water partition coefficient (Wildman–Crippen LogP) is 1.72. The number of amides is 1. The van der Waals surface area contributed by atoms with Crippen molar-refractivity contribution >= 4 is 18.0 Å². The van der Waals surface area contributed by atoms with E-state index in [1.807, 2.05) is 0 Å². The van der Waals surface area contributed by atoms with Crippen LogP contribution in [0.3, 0.4) is 0 Å². The number of allylic oxidation sites excluding steroid dienone is 2. The van der Waals surface area contributed by atoms with Crippen molar-refractivity contribution in [2.24, 2.45) is 5.92 Å². The molecule has 0 radical (unpaired) electrons. The lowest BCUT2D eigenvalue weighted by Crippen LogP contribution is -2.41. The van der Waals surface area contributed by atoms with Gasteiger partial charge < -0.3 is 15.5 Å². The van der Waals surface area contributed by atoms with E-state index in [9.17, 15) is 14.7 Å². The molecular formula is C16H15NO4. The number of rotatable bonds is 4. The average Bonchev–Trinajstić information content (AvgIpc) is 2.47. The van der Waals surface area contributed by atoms with Gasteiger partial charge in [-0.15, -0.1) is 0 Å². The van der Waals surface area contributed by atoms with Crippen molar-refractivity contribution in [2.45, 2.75) is 6.04 Å². The van der Waals surface area contributed by atoms with Gasteiger partial charge in [0.2, 0.25) is 5.91 Å². The van der Waals surface area contributed by atoms with Gasteiger partial charge in [0.1, 0.15) is 5.75 Å². The van der Waals surface area contributed by atoms with Crippen LogP contribution in [0.5, 0.6) is 5.75 Å². The van der Waals surface area contributed by atoms with Gasteiger partial charge >= 0.3 is 5.97 Å². The van der Waals surface area contributed by atoms with Crippen LogP contribution in [0.2, 0.25) is 0 Å². The number of aromatic hydroxyl groups is 1. The van der Waals surface area contributed by atoms with E-state index in [-0.39, 0.29) is 5.75 Å². The number of phenols is 1.